The highest BCUT2D eigenvalue weighted by Crippen LogP contribution is 2.21. The minimum atomic E-state index is -1.27. The minimum absolute atomic E-state index is 0.103. The van der Waals surface area contributed by atoms with Gasteiger partial charge in [-0.1, -0.05) is 32.0 Å². The van der Waals surface area contributed by atoms with Gasteiger partial charge in [-0.25, -0.2) is 4.79 Å². The van der Waals surface area contributed by atoms with Crippen LogP contribution in [0.1, 0.15) is 60.2 Å². The molecule has 2 aromatic carbocycles. The minimum Gasteiger partial charge on any atom is -0.443 e. The highest BCUT2D eigenvalue weighted by atomic mass is 16.6. The number of carbonyl (C=O) groups excluding carboxylic acids is 4. The molecule has 6 nitrogen and oxygen atoms in total. The molecule has 0 aromatic heterocycles. The molecule has 1 aliphatic carbocycles. The molecule has 6 heteroatoms. The van der Waals surface area contributed by atoms with Gasteiger partial charge in [-0.3, -0.25) is 14.4 Å². The number of Topliss-reactive ketones (excluding diaryl/α,β-unsaturated/α-hetero) is 3. The smallest absolute Gasteiger partial charge is 0.339 e. The van der Waals surface area contributed by atoms with Crippen molar-refractivity contribution in [2.45, 2.75) is 45.6 Å². The molecule has 158 valence electrons. The Bertz CT molecular complexity index is 961. The average Bonchev–Trinajstić information content (AvgIpc) is 3.07. The van der Waals surface area contributed by atoms with E-state index in [0.717, 1.165) is 36.8 Å². The molecule has 1 fully saturated rings. The summed E-state index contributed by atoms with van der Waals surface area (Å²) in [6.07, 6.45) is 0.294. The third kappa shape index (κ3) is 5.00. The number of hydrogen-bond donors (Lipinski definition) is 0. The van der Waals surface area contributed by atoms with Crippen molar-refractivity contribution in [3.8, 4) is 0 Å². The van der Waals surface area contributed by atoms with Crippen LogP contribution in [0.3, 0.4) is 0 Å². The molecular formula is C24H27NO5. The summed E-state index contributed by atoms with van der Waals surface area (Å²) in [5.41, 5.74) is 0.924. The van der Waals surface area contributed by atoms with Crippen molar-refractivity contribution < 1.29 is 23.9 Å². The largest absolute Gasteiger partial charge is 0.443 e. The Kier molecular flexibility index (Phi) is 7.11. The van der Waals surface area contributed by atoms with Gasteiger partial charge >= 0.3 is 5.97 Å². The van der Waals surface area contributed by atoms with Crippen LogP contribution in [0.2, 0.25) is 0 Å². The van der Waals surface area contributed by atoms with Crippen molar-refractivity contribution in [3.63, 3.8) is 0 Å². The van der Waals surface area contributed by atoms with Crippen LogP contribution in [0.25, 0.3) is 10.8 Å². The zero-order valence-electron chi connectivity index (χ0n) is 17.5. The third-order valence-electron chi connectivity index (χ3n) is 5.60. The standard InChI is InChI=1S/C24H27NO5/c1-3-25(4-2)13-5-6-20(26)18-9-7-17-15-19(10-8-16(17)14-18)24(29)30-23-21(27)11-12-22(23)28/h7-10,14-15,23H,3-6,11-13H2,1-2H3. The van der Waals surface area contributed by atoms with Gasteiger partial charge in [0.1, 0.15) is 0 Å². The number of benzene rings is 2. The Morgan fingerprint density at radius 2 is 1.50 bits per heavy atom. The molecule has 3 rings (SSSR count). The first-order valence-electron chi connectivity index (χ1n) is 10.5. The second-order valence-electron chi connectivity index (χ2n) is 7.55. The van der Waals surface area contributed by atoms with Crippen molar-refractivity contribution in [1.82, 2.24) is 4.90 Å². The van der Waals surface area contributed by atoms with Crippen LogP contribution < -0.4 is 0 Å². The van der Waals surface area contributed by atoms with Gasteiger partial charge in [-0.15, -0.1) is 0 Å². The number of ether oxygens (including phenoxy) is 1. The maximum absolute atomic E-state index is 12.5. The van der Waals surface area contributed by atoms with Gasteiger partial charge in [0.2, 0.25) is 6.10 Å². The summed E-state index contributed by atoms with van der Waals surface area (Å²) < 4.78 is 5.12. The van der Waals surface area contributed by atoms with Crippen LogP contribution in [0.5, 0.6) is 0 Å². The number of ketones is 3. The summed E-state index contributed by atoms with van der Waals surface area (Å²) >= 11 is 0. The number of fused-ring (bicyclic) bond motifs is 1. The Balaban J connectivity index is 1.66. The van der Waals surface area contributed by atoms with Crippen LogP contribution in [0.15, 0.2) is 36.4 Å². The molecule has 0 atom stereocenters. The zero-order valence-corrected chi connectivity index (χ0v) is 17.5. The van der Waals surface area contributed by atoms with E-state index in [0.29, 0.717) is 12.0 Å². The lowest BCUT2D eigenvalue weighted by atomic mass is 10.0. The van der Waals surface area contributed by atoms with Crippen molar-refractivity contribution in [2.24, 2.45) is 0 Å². The SMILES string of the molecule is CCN(CC)CCCC(=O)c1ccc2cc(C(=O)OC3C(=O)CCC3=O)ccc2c1. The fourth-order valence-corrected chi connectivity index (χ4v) is 3.69. The van der Waals surface area contributed by atoms with Crippen molar-refractivity contribution in [2.75, 3.05) is 19.6 Å². The Morgan fingerprint density at radius 3 is 2.10 bits per heavy atom. The van der Waals surface area contributed by atoms with E-state index >= 15 is 0 Å². The first-order valence-corrected chi connectivity index (χ1v) is 10.5. The van der Waals surface area contributed by atoms with Crippen LogP contribution in [-0.2, 0) is 14.3 Å². The lowest BCUT2D eigenvalue weighted by molar-refractivity contribution is -0.133. The van der Waals surface area contributed by atoms with E-state index in [1.165, 1.54) is 0 Å². The maximum atomic E-state index is 12.5. The first kappa shape index (κ1) is 21.8. The van der Waals surface area contributed by atoms with E-state index in [9.17, 15) is 19.2 Å². The molecule has 0 N–H and O–H groups in total. The number of hydrogen-bond acceptors (Lipinski definition) is 6. The molecule has 30 heavy (non-hydrogen) atoms. The van der Waals surface area contributed by atoms with Crippen molar-refractivity contribution in [3.05, 3.63) is 47.5 Å². The second kappa shape index (κ2) is 9.76. The number of carbonyl (C=O) groups is 4. The predicted molar refractivity (Wildman–Crippen MR) is 114 cm³/mol. The summed E-state index contributed by atoms with van der Waals surface area (Å²) in [6, 6.07) is 10.4. The quantitative estimate of drug-likeness (QED) is 0.358. The molecule has 0 amide bonds. The number of nitrogens with zero attached hydrogens (tertiary/aromatic N) is 1. The van der Waals surface area contributed by atoms with E-state index in [1.54, 1.807) is 30.3 Å². The normalized spacial score (nSPS) is 14.6. The predicted octanol–water partition coefficient (Wildman–Crippen LogP) is 3.60. The maximum Gasteiger partial charge on any atom is 0.339 e. The highest BCUT2D eigenvalue weighted by molar-refractivity contribution is 6.13. The van der Waals surface area contributed by atoms with Crippen LogP contribution in [0.4, 0.5) is 0 Å². The molecule has 0 heterocycles. The molecule has 0 unspecified atom stereocenters. The van der Waals surface area contributed by atoms with E-state index in [1.807, 2.05) is 6.07 Å². The molecule has 2 aromatic rings. The van der Waals surface area contributed by atoms with Gasteiger partial charge in [-0.2, -0.15) is 0 Å². The molecule has 1 saturated carbocycles. The molecule has 0 radical (unpaired) electrons. The highest BCUT2D eigenvalue weighted by Gasteiger charge is 2.36. The molecular weight excluding hydrogens is 382 g/mol. The summed E-state index contributed by atoms with van der Waals surface area (Å²) in [5.74, 6) is -1.29. The van der Waals surface area contributed by atoms with Gasteiger partial charge in [0.05, 0.1) is 5.56 Å². The second-order valence-corrected chi connectivity index (χ2v) is 7.55. The van der Waals surface area contributed by atoms with Gasteiger partial charge in [0.15, 0.2) is 17.3 Å². The lowest BCUT2D eigenvalue weighted by Crippen LogP contribution is -2.28. The van der Waals surface area contributed by atoms with Crippen molar-refractivity contribution in [1.29, 1.82) is 0 Å². The molecule has 0 spiro atoms. The monoisotopic (exact) mass is 409 g/mol. The Morgan fingerprint density at radius 1 is 0.933 bits per heavy atom. The summed E-state index contributed by atoms with van der Waals surface area (Å²) in [5, 5.41) is 1.63. The molecule has 0 aliphatic heterocycles. The topological polar surface area (TPSA) is 80.8 Å². The third-order valence-corrected chi connectivity index (χ3v) is 5.60. The molecule has 1 aliphatic rings. The van der Waals surface area contributed by atoms with Crippen LogP contribution in [0, 0.1) is 0 Å². The molecule has 0 saturated heterocycles. The fourth-order valence-electron chi connectivity index (χ4n) is 3.69. The zero-order chi connectivity index (χ0) is 21.7. The lowest BCUT2D eigenvalue weighted by Gasteiger charge is -2.17. The number of rotatable bonds is 9. The Labute approximate surface area is 176 Å². The van der Waals surface area contributed by atoms with Gasteiger partial charge in [-0.05, 0) is 55.0 Å². The van der Waals surface area contributed by atoms with E-state index in [4.69, 9.17) is 4.74 Å². The van der Waals surface area contributed by atoms with E-state index < -0.39 is 12.1 Å². The van der Waals surface area contributed by atoms with E-state index in [-0.39, 0.29) is 35.8 Å². The average molecular weight is 409 g/mol. The summed E-state index contributed by atoms with van der Waals surface area (Å²) in [7, 11) is 0. The van der Waals surface area contributed by atoms with Crippen LogP contribution >= 0.6 is 0 Å². The summed E-state index contributed by atoms with van der Waals surface area (Å²) in [6.45, 7) is 7.09. The van der Waals surface area contributed by atoms with E-state index in [2.05, 4.69) is 18.7 Å². The van der Waals surface area contributed by atoms with Gasteiger partial charge in [0.25, 0.3) is 0 Å². The van der Waals surface area contributed by atoms with Gasteiger partial charge in [0, 0.05) is 24.8 Å². The van der Waals surface area contributed by atoms with Crippen LogP contribution in [-0.4, -0.2) is 54.0 Å². The first-order chi connectivity index (χ1) is 14.4. The molecule has 0 bridgehead atoms. The van der Waals surface area contributed by atoms with Crippen molar-refractivity contribution >= 4 is 34.1 Å². The fraction of sp³-hybridized carbons (Fsp3) is 0.417. The number of esters is 1. The van der Waals surface area contributed by atoms with Gasteiger partial charge < -0.3 is 9.64 Å². The summed E-state index contributed by atoms with van der Waals surface area (Å²) in [4.78, 5) is 50.5. The Hall–Kier alpha value is -2.86.